The highest BCUT2D eigenvalue weighted by Crippen LogP contribution is 1.83. The number of hydrogen-bond donors (Lipinski definition) is 3. The number of carbonyl (C=O) groups excluding carboxylic acids is 1. The molecule has 1 amide bonds. The third-order valence-electron chi connectivity index (χ3n) is 1.11. The summed E-state index contributed by atoms with van der Waals surface area (Å²) in [4.78, 5) is 10.3. The maximum atomic E-state index is 10.3. The molecule has 0 saturated carbocycles. The minimum Gasteiger partial charge on any atom is -0.396 e. The lowest BCUT2D eigenvalue weighted by atomic mass is 10.3. The summed E-state index contributed by atoms with van der Waals surface area (Å²) in [6.07, 6.45) is 0.547. The van der Waals surface area contributed by atoms with Crippen LogP contribution in [0.3, 0.4) is 0 Å². The van der Waals surface area contributed by atoms with Crippen molar-refractivity contribution in [1.82, 2.24) is 0 Å². The Morgan fingerprint density at radius 3 is 2.36 bits per heavy atom. The first-order chi connectivity index (χ1) is 6.18. The lowest BCUT2D eigenvalue weighted by molar-refractivity contribution is -0.120. The normalized spacial score (nSPS) is 10.6. The standard InChI is InChI=1S/C6H14N2O3.C2H6.CH4/c7-5(6(8)10)4-11-3-1-2-9;1-2;/h5,9H,1-4,7H2,(H2,8,10);1-2H3;1H4. The SMILES string of the molecule is C.CC.NC(=O)C(N)COCCCO. The van der Waals surface area contributed by atoms with Crippen LogP contribution in [0.1, 0.15) is 27.7 Å². The van der Waals surface area contributed by atoms with Gasteiger partial charge in [-0.1, -0.05) is 21.3 Å². The van der Waals surface area contributed by atoms with Crippen LogP contribution in [0, 0.1) is 0 Å². The van der Waals surface area contributed by atoms with Crippen LogP contribution >= 0.6 is 0 Å². The summed E-state index contributed by atoms with van der Waals surface area (Å²) in [6, 6.07) is -0.742. The molecule has 0 radical (unpaired) electrons. The van der Waals surface area contributed by atoms with Gasteiger partial charge in [0.25, 0.3) is 0 Å². The van der Waals surface area contributed by atoms with Crippen molar-refractivity contribution >= 4 is 5.91 Å². The van der Waals surface area contributed by atoms with Crippen molar-refractivity contribution in [1.29, 1.82) is 0 Å². The summed E-state index contributed by atoms with van der Waals surface area (Å²) < 4.78 is 4.91. The molecular formula is C9H24N2O3. The summed E-state index contributed by atoms with van der Waals surface area (Å²) in [5, 5.41) is 8.34. The highest BCUT2D eigenvalue weighted by Gasteiger charge is 2.07. The number of carbonyl (C=O) groups is 1. The molecule has 0 heterocycles. The van der Waals surface area contributed by atoms with E-state index in [-0.39, 0.29) is 20.6 Å². The number of rotatable bonds is 6. The van der Waals surface area contributed by atoms with E-state index in [0.29, 0.717) is 13.0 Å². The highest BCUT2D eigenvalue weighted by molar-refractivity contribution is 5.79. The molecule has 0 aromatic rings. The molecule has 0 aromatic heterocycles. The lowest BCUT2D eigenvalue weighted by Gasteiger charge is -2.06. The summed E-state index contributed by atoms with van der Waals surface area (Å²) >= 11 is 0. The van der Waals surface area contributed by atoms with E-state index >= 15 is 0 Å². The van der Waals surface area contributed by atoms with Crippen molar-refractivity contribution in [3.05, 3.63) is 0 Å². The molecule has 0 aliphatic heterocycles. The van der Waals surface area contributed by atoms with Crippen LogP contribution in [0.25, 0.3) is 0 Å². The molecule has 0 aromatic carbocycles. The van der Waals surface area contributed by atoms with Gasteiger partial charge in [-0.15, -0.1) is 0 Å². The van der Waals surface area contributed by atoms with Gasteiger partial charge in [0.15, 0.2) is 0 Å². The van der Waals surface area contributed by atoms with E-state index < -0.39 is 11.9 Å². The van der Waals surface area contributed by atoms with Gasteiger partial charge in [-0.25, -0.2) is 0 Å². The van der Waals surface area contributed by atoms with Crippen molar-refractivity contribution in [2.24, 2.45) is 11.5 Å². The second-order valence-electron chi connectivity index (χ2n) is 2.16. The smallest absolute Gasteiger partial charge is 0.236 e. The fourth-order valence-electron chi connectivity index (χ4n) is 0.459. The predicted molar refractivity (Wildman–Crippen MR) is 57.8 cm³/mol. The van der Waals surface area contributed by atoms with Gasteiger partial charge >= 0.3 is 0 Å². The first kappa shape index (κ1) is 19.0. The van der Waals surface area contributed by atoms with E-state index in [1.807, 2.05) is 13.8 Å². The van der Waals surface area contributed by atoms with E-state index in [1.165, 1.54) is 0 Å². The largest absolute Gasteiger partial charge is 0.396 e. The fraction of sp³-hybridized carbons (Fsp3) is 0.889. The van der Waals surface area contributed by atoms with Gasteiger partial charge < -0.3 is 21.3 Å². The quantitative estimate of drug-likeness (QED) is 0.529. The third kappa shape index (κ3) is 13.9. The Morgan fingerprint density at radius 1 is 1.50 bits per heavy atom. The molecule has 0 bridgehead atoms. The van der Waals surface area contributed by atoms with Gasteiger partial charge in [0, 0.05) is 13.2 Å². The topological polar surface area (TPSA) is 98.6 Å². The number of hydrogen-bond acceptors (Lipinski definition) is 4. The Balaban J connectivity index is -0.000000376. The van der Waals surface area contributed by atoms with Crippen LogP contribution in [0.5, 0.6) is 0 Å². The monoisotopic (exact) mass is 208 g/mol. The molecule has 88 valence electrons. The summed E-state index contributed by atoms with van der Waals surface area (Å²) in [7, 11) is 0. The second kappa shape index (κ2) is 14.9. The van der Waals surface area contributed by atoms with Gasteiger partial charge in [0.05, 0.1) is 6.61 Å². The van der Waals surface area contributed by atoms with E-state index in [9.17, 15) is 4.79 Å². The molecular weight excluding hydrogens is 184 g/mol. The van der Waals surface area contributed by atoms with Gasteiger partial charge in [-0.2, -0.15) is 0 Å². The zero-order chi connectivity index (χ0) is 10.7. The molecule has 1 unspecified atom stereocenters. The molecule has 0 spiro atoms. The fourth-order valence-corrected chi connectivity index (χ4v) is 0.459. The van der Waals surface area contributed by atoms with E-state index in [4.69, 9.17) is 21.3 Å². The number of aliphatic hydroxyl groups excluding tert-OH is 1. The van der Waals surface area contributed by atoms with Crippen LogP contribution in [-0.2, 0) is 9.53 Å². The molecule has 1 atom stereocenters. The van der Waals surface area contributed by atoms with Gasteiger partial charge in [-0.3, -0.25) is 4.79 Å². The molecule has 0 fully saturated rings. The third-order valence-corrected chi connectivity index (χ3v) is 1.11. The number of nitrogens with two attached hydrogens (primary N) is 2. The zero-order valence-corrected chi connectivity index (χ0v) is 8.32. The highest BCUT2D eigenvalue weighted by atomic mass is 16.5. The van der Waals surface area contributed by atoms with Crippen LogP contribution in [0.2, 0.25) is 0 Å². The van der Waals surface area contributed by atoms with Crippen LogP contribution in [0.4, 0.5) is 0 Å². The average molecular weight is 208 g/mol. The summed E-state index contributed by atoms with van der Waals surface area (Å²) in [6.45, 7) is 4.60. The minimum atomic E-state index is -0.742. The van der Waals surface area contributed by atoms with Gasteiger partial charge in [-0.05, 0) is 6.42 Å². The molecule has 0 aliphatic carbocycles. The average Bonchev–Trinajstić information content (AvgIpc) is 2.15. The van der Waals surface area contributed by atoms with Crippen LogP contribution in [0.15, 0.2) is 0 Å². The first-order valence-corrected chi connectivity index (χ1v) is 4.42. The number of amides is 1. The van der Waals surface area contributed by atoms with Gasteiger partial charge in [0.2, 0.25) is 5.91 Å². The number of aliphatic hydroxyl groups is 1. The predicted octanol–water partition coefficient (Wildman–Crippen LogP) is -0.140. The van der Waals surface area contributed by atoms with Gasteiger partial charge in [0.1, 0.15) is 6.04 Å². The Bertz CT molecular complexity index is 121. The van der Waals surface area contributed by atoms with Crippen LogP contribution in [-0.4, -0.2) is 36.9 Å². The molecule has 0 aliphatic rings. The lowest BCUT2D eigenvalue weighted by Crippen LogP contribution is -2.40. The number of primary amides is 1. The molecule has 5 N–H and O–H groups in total. The van der Waals surface area contributed by atoms with E-state index in [1.54, 1.807) is 0 Å². The molecule has 0 rings (SSSR count). The molecule has 14 heavy (non-hydrogen) atoms. The summed E-state index contributed by atoms with van der Waals surface area (Å²) in [5.74, 6) is -0.575. The van der Waals surface area contributed by atoms with Crippen molar-refractivity contribution in [3.63, 3.8) is 0 Å². The number of ether oxygens (including phenoxy) is 1. The first-order valence-electron chi connectivity index (χ1n) is 4.42. The second-order valence-corrected chi connectivity index (χ2v) is 2.16. The minimum absolute atomic E-state index is 0. The molecule has 5 nitrogen and oxygen atoms in total. The zero-order valence-electron chi connectivity index (χ0n) is 8.32. The van der Waals surface area contributed by atoms with Crippen molar-refractivity contribution < 1.29 is 14.6 Å². The van der Waals surface area contributed by atoms with Crippen molar-refractivity contribution in [2.75, 3.05) is 19.8 Å². The molecule has 0 saturated heterocycles. The Morgan fingerprint density at radius 2 is 2.00 bits per heavy atom. The Kier molecular flexibility index (Phi) is 20.2. The van der Waals surface area contributed by atoms with E-state index in [2.05, 4.69) is 0 Å². The van der Waals surface area contributed by atoms with E-state index in [0.717, 1.165) is 0 Å². The van der Waals surface area contributed by atoms with Crippen molar-refractivity contribution in [2.45, 2.75) is 33.7 Å². The molecule has 5 heteroatoms. The summed E-state index contributed by atoms with van der Waals surface area (Å²) in [5.41, 5.74) is 10.1. The maximum absolute atomic E-state index is 10.3. The Labute approximate surface area is 86.4 Å². The van der Waals surface area contributed by atoms with Crippen molar-refractivity contribution in [3.8, 4) is 0 Å². The maximum Gasteiger partial charge on any atom is 0.236 e. The van der Waals surface area contributed by atoms with Crippen LogP contribution < -0.4 is 11.5 Å². The Hall–Kier alpha value is -0.650.